The molecule has 0 radical (unpaired) electrons. The highest BCUT2D eigenvalue weighted by Gasteiger charge is 2.16. The smallest absolute Gasteiger partial charge is 0.251 e. The number of nitrogens with zero attached hydrogens (tertiary/aromatic N) is 1. The minimum absolute atomic E-state index is 0. The first kappa shape index (κ1) is 20.2. The third kappa shape index (κ3) is 4.67. The van der Waals surface area contributed by atoms with Crippen molar-refractivity contribution in [1.82, 2.24) is 5.32 Å². The number of hydrogen-bond donors (Lipinski definition) is 3. The van der Waals surface area contributed by atoms with E-state index in [1.807, 2.05) is 36.4 Å². The molecule has 8 heteroatoms. The van der Waals surface area contributed by atoms with E-state index in [0.717, 1.165) is 41.0 Å². The van der Waals surface area contributed by atoms with Crippen LogP contribution in [0.25, 0.3) is 0 Å². The van der Waals surface area contributed by atoms with Gasteiger partial charge in [0.2, 0.25) is 0 Å². The fourth-order valence-corrected chi connectivity index (χ4v) is 3.16. The van der Waals surface area contributed by atoms with Crippen LogP contribution in [-0.4, -0.2) is 31.6 Å². The highest BCUT2D eigenvalue weighted by molar-refractivity contribution is 14.0. The van der Waals surface area contributed by atoms with Crippen LogP contribution in [0.5, 0.6) is 11.5 Å². The Labute approximate surface area is 180 Å². The molecule has 0 spiro atoms. The Kier molecular flexibility index (Phi) is 6.61. The van der Waals surface area contributed by atoms with Crippen molar-refractivity contribution in [2.75, 3.05) is 25.1 Å². The minimum Gasteiger partial charge on any atom is -0.490 e. The van der Waals surface area contributed by atoms with Crippen LogP contribution in [0, 0.1) is 0 Å². The van der Waals surface area contributed by atoms with Crippen molar-refractivity contribution in [1.29, 1.82) is 0 Å². The minimum atomic E-state index is -0.0274. The molecule has 4 N–H and O–H groups in total. The van der Waals surface area contributed by atoms with Crippen molar-refractivity contribution < 1.29 is 14.3 Å². The SMILES string of the molecule is I.NC(=NCc1ccc2c(c1)C(=O)NCC2)Nc1ccc2c(c1)OCCCO2. The van der Waals surface area contributed by atoms with Crippen molar-refractivity contribution in [2.24, 2.45) is 10.7 Å². The van der Waals surface area contributed by atoms with Crippen molar-refractivity contribution >= 4 is 41.5 Å². The summed E-state index contributed by atoms with van der Waals surface area (Å²) in [7, 11) is 0. The van der Waals surface area contributed by atoms with E-state index in [-0.39, 0.29) is 29.9 Å². The number of carbonyl (C=O) groups excluding carboxylic acids is 1. The summed E-state index contributed by atoms with van der Waals surface area (Å²) in [6.07, 6.45) is 1.72. The summed E-state index contributed by atoms with van der Waals surface area (Å²) in [4.78, 5) is 16.3. The first-order valence-electron chi connectivity index (χ1n) is 9.05. The Morgan fingerprint density at radius 3 is 2.82 bits per heavy atom. The van der Waals surface area contributed by atoms with E-state index in [2.05, 4.69) is 15.6 Å². The summed E-state index contributed by atoms with van der Waals surface area (Å²) in [5, 5.41) is 5.93. The Hall–Kier alpha value is -2.49. The van der Waals surface area contributed by atoms with Crippen LogP contribution >= 0.6 is 24.0 Å². The Morgan fingerprint density at radius 2 is 1.96 bits per heavy atom. The summed E-state index contributed by atoms with van der Waals surface area (Å²) < 4.78 is 11.3. The number of aliphatic imine (C=N–C) groups is 1. The lowest BCUT2D eigenvalue weighted by molar-refractivity contribution is 0.0946. The van der Waals surface area contributed by atoms with Crippen molar-refractivity contribution in [3.63, 3.8) is 0 Å². The molecule has 0 unspecified atom stereocenters. The predicted molar refractivity (Wildman–Crippen MR) is 119 cm³/mol. The van der Waals surface area contributed by atoms with Gasteiger partial charge in [-0.25, -0.2) is 4.99 Å². The Bertz CT molecular complexity index is 901. The fourth-order valence-electron chi connectivity index (χ4n) is 3.16. The second kappa shape index (κ2) is 9.13. The molecule has 2 heterocycles. The van der Waals surface area contributed by atoms with Crippen LogP contribution in [-0.2, 0) is 13.0 Å². The maximum absolute atomic E-state index is 12.0. The standard InChI is InChI=1S/C20H22N4O3.HI/c21-20(24-15-4-5-17-18(11-15)27-9-1-8-26-17)23-12-13-2-3-14-6-7-22-19(25)16(14)10-13;/h2-5,10-11H,1,6-9,12H2,(H,22,25)(H3,21,23,24);1H. The fraction of sp³-hybridized carbons (Fsp3) is 0.300. The van der Waals surface area contributed by atoms with Crippen LogP contribution in [0.4, 0.5) is 5.69 Å². The van der Waals surface area contributed by atoms with Gasteiger partial charge >= 0.3 is 0 Å². The zero-order chi connectivity index (χ0) is 18.6. The van der Waals surface area contributed by atoms with E-state index in [1.54, 1.807) is 0 Å². The van der Waals surface area contributed by atoms with Gasteiger partial charge in [0.1, 0.15) is 0 Å². The molecule has 2 aliphatic rings. The van der Waals surface area contributed by atoms with Crippen LogP contribution in [0.2, 0.25) is 0 Å². The molecule has 2 aliphatic heterocycles. The van der Waals surface area contributed by atoms with Gasteiger partial charge in [-0.05, 0) is 35.7 Å². The van der Waals surface area contributed by atoms with E-state index in [0.29, 0.717) is 38.0 Å². The van der Waals surface area contributed by atoms with Gasteiger partial charge in [-0.15, -0.1) is 24.0 Å². The molecule has 0 saturated carbocycles. The first-order chi connectivity index (χ1) is 13.2. The third-order valence-electron chi connectivity index (χ3n) is 4.55. The van der Waals surface area contributed by atoms with Crippen LogP contribution < -0.4 is 25.8 Å². The number of carbonyl (C=O) groups is 1. The topological polar surface area (TPSA) is 98.0 Å². The number of nitrogens with two attached hydrogens (primary N) is 1. The zero-order valence-corrected chi connectivity index (χ0v) is 17.7. The van der Waals surface area contributed by atoms with Gasteiger partial charge in [-0.1, -0.05) is 12.1 Å². The summed E-state index contributed by atoms with van der Waals surface area (Å²) in [6.45, 7) is 2.37. The summed E-state index contributed by atoms with van der Waals surface area (Å²) in [5.74, 6) is 1.71. The largest absolute Gasteiger partial charge is 0.490 e. The van der Waals surface area contributed by atoms with Gasteiger partial charge in [0.05, 0.1) is 19.8 Å². The Morgan fingerprint density at radius 1 is 1.14 bits per heavy atom. The van der Waals surface area contributed by atoms with E-state index in [4.69, 9.17) is 15.2 Å². The van der Waals surface area contributed by atoms with Gasteiger partial charge in [-0.3, -0.25) is 4.79 Å². The lowest BCUT2D eigenvalue weighted by atomic mass is 9.98. The number of fused-ring (bicyclic) bond motifs is 2. The normalized spacial score (nSPS) is 15.6. The molecule has 0 fully saturated rings. The molecule has 2 aromatic rings. The molecule has 0 aliphatic carbocycles. The van der Waals surface area contributed by atoms with Crippen molar-refractivity contribution in [2.45, 2.75) is 19.4 Å². The number of amides is 1. The van der Waals surface area contributed by atoms with Crippen LogP contribution in [0.3, 0.4) is 0 Å². The second-order valence-electron chi connectivity index (χ2n) is 6.54. The molecule has 148 valence electrons. The highest BCUT2D eigenvalue weighted by Crippen LogP contribution is 2.32. The first-order valence-corrected chi connectivity index (χ1v) is 9.05. The monoisotopic (exact) mass is 494 g/mol. The van der Waals surface area contributed by atoms with Crippen LogP contribution in [0.1, 0.15) is 27.9 Å². The molecular formula is C20H23IN4O3. The molecule has 1 amide bonds. The molecule has 7 nitrogen and oxygen atoms in total. The third-order valence-corrected chi connectivity index (χ3v) is 4.55. The Balaban J connectivity index is 0.00000225. The van der Waals surface area contributed by atoms with Crippen LogP contribution in [0.15, 0.2) is 41.4 Å². The lowest BCUT2D eigenvalue weighted by Crippen LogP contribution is -2.31. The van der Waals surface area contributed by atoms with Crippen molar-refractivity contribution in [3.8, 4) is 11.5 Å². The van der Waals surface area contributed by atoms with E-state index >= 15 is 0 Å². The number of hydrogen-bond acceptors (Lipinski definition) is 4. The molecule has 0 bridgehead atoms. The summed E-state index contributed by atoms with van der Waals surface area (Å²) in [5.41, 5.74) is 9.53. The van der Waals surface area contributed by atoms with Gasteiger partial charge in [0.15, 0.2) is 17.5 Å². The van der Waals surface area contributed by atoms with E-state index < -0.39 is 0 Å². The second-order valence-corrected chi connectivity index (χ2v) is 6.54. The average molecular weight is 494 g/mol. The molecule has 0 atom stereocenters. The highest BCUT2D eigenvalue weighted by atomic mass is 127. The molecule has 0 saturated heterocycles. The summed E-state index contributed by atoms with van der Waals surface area (Å²) in [6, 6.07) is 11.5. The molecule has 4 rings (SSSR count). The van der Waals surface area contributed by atoms with Crippen molar-refractivity contribution in [3.05, 3.63) is 53.1 Å². The maximum atomic E-state index is 12.0. The molecule has 0 aromatic heterocycles. The number of anilines is 1. The number of guanidine groups is 1. The molecular weight excluding hydrogens is 471 g/mol. The quantitative estimate of drug-likeness (QED) is 0.347. The van der Waals surface area contributed by atoms with E-state index in [9.17, 15) is 4.79 Å². The average Bonchev–Trinajstić information content (AvgIpc) is 2.92. The molecule has 2 aromatic carbocycles. The van der Waals surface area contributed by atoms with E-state index in [1.165, 1.54) is 0 Å². The number of benzene rings is 2. The van der Waals surface area contributed by atoms with Gasteiger partial charge in [0, 0.05) is 30.3 Å². The maximum Gasteiger partial charge on any atom is 0.251 e. The molecule has 28 heavy (non-hydrogen) atoms. The van der Waals surface area contributed by atoms with Gasteiger partial charge in [0.25, 0.3) is 5.91 Å². The van der Waals surface area contributed by atoms with Gasteiger partial charge in [-0.2, -0.15) is 0 Å². The lowest BCUT2D eigenvalue weighted by Gasteiger charge is -2.16. The summed E-state index contributed by atoms with van der Waals surface area (Å²) >= 11 is 0. The zero-order valence-electron chi connectivity index (χ0n) is 15.4. The number of halogens is 1. The number of nitrogens with one attached hydrogen (secondary N) is 2. The van der Waals surface area contributed by atoms with Gasteiger partial charge < -0.3 is 25.8 Å². The predicted octanol–water partition coefficient (Wildman–Crippen LogP) is 2.68. The number of rotatable bonds is 3. The number of ether oxygens (including phenoxy) is 2.